The number of carbonyl (C=O) groups is 1. The predicted molar refractivity (Wildman–Crippen MR) is 78.6 cm³/mol. The molecular weight excluding hydrogens is 252 g/mol. The highest BCUT2D eigenvalue weighted by Gasteiger charge is 2.24. The third-order valence-corrected chi connectivity index (χ3v) is 4.13. The standard InChI is InChI=1S/C16H20N2O2/c1-11-3-2-4-14-12(9-17-16(11)14)5-6-15(20)18-8-7-13(19)10-18/h2-4,9,13,17,19H,5-8,10H2,1H3/t13-/m0/s1. The second kappa shape index (κ2) is 5.29. The van der Waals surface area contributed by atoms with Crippen molar-refractivity contribution in [1.29, 1.82) is 0 Å². The van der Waals surface area contributed by atoms with Crippen LogP contribution in [0.1, 0.15) is 24.0 Å². The molecule has 1 fully saturated rings. The molecule has 0 unspecified atom stereocenters. The fourth-order valence-corrected chi connectivity index (χ4v) is 2.94. The van der Waals surface area contributed by atoms with Crippen molar-refractivity contribution < 1.29 is 9.90 Å². The number of β-amino-alcohol motifs (C(OH)–C–C–N with tert-alkyl or cyclic N) is 1. The van der Waals surface area contributed by atoms with Crippen LogP contribution in [0, 0.1) is 6.92 Å². The van der Waals surface area contributed by atoms with Gasteiger partial charge in [-0.15, -0.1) is 0 Å². The number of carbonyl (C=O) groups excluding carboxylic acids is 1. The van der Waals surface area contributed by atoms with Gasteiger partial charge in [0.05, 0.1) is 6.10 Å². The van der Waals surface area contributed by atoms with Gasteiger partial charge in [-0.1, -0.05) is 18.2 Å². The highest BCUT2D eigenvalue weighted by molar-refractivity contribution is 5.86. The summed E-state index contributed by atoms with van der Waals surface area (Å²) in [6.07, 6.45) is 3.62. The minimum atomic E-state index is -0.338. The number of rotatable bonds is 3. The number of H-pyrrole nitrogens is 1. The Bertz CT molecular complexity index is 632. The molecule has 0 bridgehead atoms. The number of hydrogen-bond acceptors (Lipinski definition) is 2. The van der Waals surface area contributed by atoms with Gasteiger partial charge in [0, 0.05) is 36.6 Å². The Hall–Kier alpha value is -1.81. The van der Waals surface area contributed by atoms with Crippen LogP contribution >= 0.6 is 0 Å². The average Bonchev–Trinajstić information content (AvgIpc) is 3.03. The Morgan fingerprint density at radius 1 is 1.50 bits per heavy atom. The highest BCUT2D eigenvalue weighted by atomic mass is 16.3. The minimum absolute atomic E-state index is 0.142. The van der Waals surface area contributed by atoms with Crippen LogP contribution in [-0.4, -0.2) is 40.1 Å². The molecule has 0 aliphatic carbocycles. The monoisotopic (exact) mass is 272 g/mol. The normalized spacial score (nSPS) is 18.9. The zero-order valence-electron chi connectivity index (χ0n) is 11.7. The van der Waals surface area contributed by atoms with E-state index in [1.54, 1.807) is 4.90 Å². The molecule has 1 amide bonds. The van der Waals surface area contributed by atoms with Gasteiger partial charge in [-0.3, -0.25) is 4.79 Å². The number of nitrogens with zero attached hydrogens (tertiary/aromatic N) is 1. The summed E-state index contributed by atoms with van der Waals surface area (Å²) in [7, 11) is 0. The van der Waals surface area contributed by atoms with Gasteiger partial charge in [0.1, 0.15) is 0 Å². The largest absolute Gasteiger partial charge is 0.391 e. The molecule has 4 nitrogen and oxygen atoms in total. The lowest BCUT2D eigenvalue weighted by Crippen LogP contribution is -2.29. The number of aliphatic hydroxyl groups is 1. The van der Waals surface area contributed by atoms with E-state index < -0.39 is 0 Å². The Kier molecular flexibility index (Phi) is 3.49. The van der Waals surface area contributed by atoms with Gasteiger partial charge in [0.15, 0.2) is 0 Å². The zero-order chi connectivity index (χ0) is 14.1. The van der Waals surface area contributed by atoms with E-state index in [-0.39, 0.29) is 12.0 Å². The molecule has 2 aromatic rings. The van der Waals surface area contributed by atoms with Gasteiger partial charge in [-0.25, -0.2) is 0 Å². The average molecular weight is 272 g/mol. The summed E-state index contributed by atoms with van der Waals surface area (Å²) in [4.78, 5) is 17.2. The van der Waals surface area contributed by atoms with E-state index in [1.165, 1.54) is 16.5 Å². The van der Waals surface area contributed by atoms with E-state index in [0.29, 0.717) is 25.9 Å². The maximum absolute atomic E-state index is 12.1. The first-order chi connectivity index (χ1) is 9.65. The van der Waals surface area contributed by atoms with E-state index in [0.717, 1.165) is 11.9 Å². The van der Waals surface area contributed by atoms with Crippen LogP contribution in [0.15, 0.2) is 24.4 Å². The van der Waals surface area contributed by atoms with Crippen molar-refractivity contribution in [3.05, 3.63) is 35.5 Å². The Balaban J connectivity index is 1.68. The van der Waals surface area contributed by atoms with E-state index >= 15 is 0 Å². The van der Waals surface area contributed by atoms with Crippen LogP contribution in [0.25, 0.3) is 10.9 Å². The molecule has 20 heavy (non-hydrogen) atoms. The van der Waals surface area contributed by atoms with Crippen LogP contribution in [0.5, 0.6) is 0 Å². The first-order valence-electron chi connectivity index (χ1n) is 7.16. The van der Waals surface area contributed by atoms with E-state index in [2.05, 4.69) is 24.0 Å². The Morgan fingerprint density at radius 3 is 3.10 bits per heavy atom. The van der Waals surface area contributed by atoms with Gasteiger partial charge >= 0.3 is 0 Å². The second-order valence-corrected chi connectivity index (χ2v) is 5.59. The molecule has 1 aromatic carbocycles. The summed E-state index contributed by atoms with van der Waals surface area (Å²) >= 11 is 0. The summed E-state index contributed by atoms with van der Waals surface area (Å²) in [5.74, 6) is 0.142. The molecule has 2 N–H and O–H groups in total. The summed E-state index contributed by atoms with van der Waals surface area (Å²) in [6, 6.07) is 6.23. The van der Waals surface area contributed by atoms with Crippen molar-refractivity contribution in [2.75, 3.05) is 13.1 Å². The second-order valence-electron chi connectivity index (χ2n) is 5.59. The molecule has 0 spiro atoms. The van der Waals surface area contributed by atoms with Gasteiger partial charge < -0.3 is 15.0 Å². The molecule has 106 valence electrons. The van der Waals surface area contributed by atoms with E-state index in [9.17, 15) is 9.90 Å². The summed E-state index contributed by atoms with van der Waals surface area (Å²) in [5, 5.41) is 10.7. The molecule has 1 aromatic heterocycles. The van der Waals surface area contributed by atoms with Crippen molar-refractivity contribution in [2.24, 2.45) is 0 Å². The van der Waals surface area contributed by atoms with Crippen molar-refractivity contribution >= 4 is 16.8 Å². The van der Waals surface area contributed by atoms with Gasteiger partial charge in [0.2, 0.25) is 5.91 Å². The molecule has 1 atom stereocenters. The smallest absolute Gasteiger partial charge is 0.222 e. The molecule has 1 saturated heterocycles. The number of hydrogen-bond donors (Lipinski definition) is 2. The lowest BCUT2D eigenvalue weighted by atomic mass is 10.1. The number of fused-ring (bicyclic) bond motifs is 1. The third-order valence-electron chi connectivity index (χ3n) is 4.13. The van der Waals surface area contributed by atoms with Crippen LogP contribution in [0.4, 0.5) is 0 Å². The topological polar surface area (TPSA) is 56.3 Å². The van der Waals surface area contributed by atoms with Crippen molar-refractivity contribution in [2.45, 2.75) is 32.3 Å². The molecular formula is C16H20N2O2. The lowest BCUT2D eigenvalue weighted by molar-refractivity contribution is -0.130. The molecule has 1 aliphatic heterocycles. The number of amides is 1. The maximum atomic E-state index is 12.1. The number of aliphatic hydroxyl groups excluding tert-OH is 1. The number of aryl methyl sites for hydroxylation is 2. The molecule has 2 heterocycles. The van der Waals surface area contributed by atoms with Crippen LogP contribution in [0.3, 0.4) is 0 Å². The number of likely N-dealkylation sites (tertiary alicyclic amines) is 1. The Morgan fingerprint density at radius 2 is 2.35 bits per heavy atom. The first-order valence-corrected chi connectivity index (χ1v) is 7.16. The van der Waals surface area contributed by atoms with Crippen molar-refractivity contribution in [1.82, 2.24) is 9.88 Å². The third kappa shape index (κ3) is 2.43. The van der Waals surface area contributed by atoms with Crippen molar-refractivity contribution in [3.63, 3.8) is 0 Å². The van der Waals surface area contributed by atoms with Crippen LogP contribution in [-0.2, 0) is 11.2 Å². The number of nitrogens with one attached hydrogen (secondary N) is 1. The lowest BCUT2D eigenvalue weighted by Gasteiger charge is -2.15. The molecule has 0 saturated carbocycles. The van der Waals surface area contributed by atoms with Crippen LogP contribution in [0.2, 0.25) is 0 Å². The first kappa shape index (κ1) is 13.2. The maximum Gasteiger partial charge on any atom is 0.222 e. The molecule has 4 heteroatoms. The quantitative estimate of drug-likeness (QED) is 0.898. The molecule has 1 aliphatic rings. The summed E-state index contributed by atoms with van der Waals surface area (Å²) in [5.41, 5.74) is 3.58. The van der Waals surface area contributed by atoms with E-state index in [1.807, 2.05) is 12.3 Å². The molecule has 3 rings (SSSR count). The zero-order valence-corrected chi connectivity index (χ0v) is 11.7. The minimum Gasteiger partial charge on any atom is -0.391 e. The number of aromatic amines is 1. The van der Waals surface area contributed by atoms with Crippen LogP contribution < -0.4 is 0 Å². The number of benzene rings is 1. The SMILES string of the molecule is Cc1cccc2c(CCC(=O)N3CC[C@H](O)C3)c[nH]c12. The van der Waals surface area contributed by atoms with Gasteiger partial charge in [-0.2, -0.15) is 0 Å². The highest BCUT2D eigenvalue weighted by Crippen LogP contribution is 2.22. The fraction of sp³-hybridized carbons (Fsp3) is 0.438. The number of aromatic nitrogens is 1. The molecule has 0 radical (unpaired) electrons. The van der Waals surface area contributed by atoms with Gasteiger partial charge in [-0.05, 0) is 30.9 Å². The predicted octanol–water partition coefficient (Wildman–Crippen LogP) is 2.00. The van der Waals surface area contributed by atoms with Gasteiger partial charge in [0.25, 0.3) is 0 Å². The van der Waals surface area contributed by atoms with Crippen molar-refractivity contribution in [3.8, 4) is 0 Å². The summed E-state index contributed by atoms with van der Waals surface area (Å²) < 4.78 is 0. The van der Waals surface area contributed by atoms with E-state index in [4.69, 9.17) is 0 Å². The fourth-order valence-electron chi connectivity index (χ4n) is 2.94. The number of para-hydroxylation sites is 1. The summed E-state index contributed by atoms with van der Waals surface area (Å²) in [6.45, 7) is 3.26. The Labute approximate surface area is 118 Å².